The third kappa shape index (κ3) is 3.49. The summed E-state index contributed by atoms with van der Waals surface area (Å²) >= 11 is 0. The predicted molar refractivity (Wildman–Crippen MR) is 56.4 cm³/mol. The Hall–Kier alpha value is -1.14. The molecular formula is C9H18N4O2. The highest BCUT2D eigenvalue weighted by molar-refractivity contribution is 5.24. The third-order valence-electron chi connectivity index (χ3n) is 1.86. The van der Waals surface area contributed by atoms with Crippen molar-refractivity contribution in [3.8, 4) is 0 Å². The Morgan fingerprint density at radius 1 is 1.47 bits per heavy atom. The maximum absolute atomic E-state index is 9.69. The molecule has 0 fully saturated rings. The quantitative estimate of drug-likeness (QED) is 0.724. The van der Waals surface area contributed by atoms with E-state index in [0.717, 1.165) is 0 Å². The lowest BCUT2D eigenvalue weighted by atomic mass is 10.1. The smallest absolute Gasteiger partial charge is 0.318 e. The van der Waals surface area contributed by atoms with Gasteiger partial charge in [-0.05, 0) is 20.8 Å². The second-order valence-corrected chi connectivity index (χ2v) is 4.01. The summed E-state index contributed by atoms with van der Waals surface area (Å²) in [6.45, 7) is 6.78. The Kier molecular flexibility index (Phi) is 3.65. The van der Waals surface area contributed by atoms with Gasteiger partial charge in [0.2, 0.25) is 5.89 Å². The van der Waals surface area contributed by atoms with Crippen LogP contribution in [0.1, 0.15) is 26.7 Å². The summed E-state index contributed by atoms with van der Waals surface area (Å²) in [6.07, 6.45) is 0. The van der Waals surface area contributed by atoms with Gasteiger partial charge in [-0.1, -0.05) is 5.10 Å². The van der Waals surface area contributed by atoms with Gasteiger partial charge in [0, 0.05) is 6.54 Å². The summed E-state index contributed by atoms with van der Waals surface area (Å²) in [5.41, 5.74) is 4.57. The summed E-state index contributed by atoms with van der Waals surface area (Å²) in [5, 5.41) is 17.3. The molecule has 0 saturated heterocycles. The molecule has 0 amide bonds. The lowest BCUT2D eigenvalue weighted by Crippen LogP contribution is -2.38. The fraction of sp³-hybridized carbons (Fsp3) is 0.778. The highest BCUT2D eigenvalue weighted by Gasteiger charge is 2.21. The molecule has 0 aliphatic rings. The average molecular weight is 214 g/mol. The topological polar surface area (TPSA) is 88.4 Å². The van der Waals surface area contributed by atoms with Crippen molar-refractivity contribution in [2.75, 3.05) is 18.0 Å². The van der Waals surface area contributed by atoms with Gasteiger partial charge < -0.3 is 20.2 Å². The number of hydrogen-bond acceptors (Lipinski definition) is 6. The molecule has 86 valence electrons. The molecule has 1 aromatic heterocycles. The number of rotatable bonds is 5. The second kappa shape index (κ2) is 4.59. The van der Waals surface area contributed by atoms with Gasteiger partial charge >= 0.3 is 6.01 Å². The highest BCUT2D eigenvalue weighted by Crippen LogP contribution is 2.15. The number of aliphatic hydroxyl groups is 1. The van der Waals surface area contributed by atoms with Crippen molar-refractivity contribution < 1.29 is 9.52 Å². The molecule has 6 heteroatoms. The summed E-state index contributed by atoms with van der Waals surface area (Å²) in [4.78, 5) is 1.81. The van der Waals surface area contributed by atoms with Gasteiger partial charge in [-0.15, -0.1) is 5.10 Å². The number of hydrogen-bond donors (Lipinski definition) is 2. The van der Waals surface area contributed by atoms with Gasteiger partial charge in [-0.25, -0.2) is 0 Å². The molecule has 0 bridgehead atoms. The standard InChI is InChI=1S/C9H18N4O2/c1-4-13(6-9(2,3)14)8-12-11-7(5-10)15-8/h14H,4-6,10H2,1-3H3. The zero-order valence-corrected chi connectivity index (χ0v) is 9.40. The van der Waals surface area contributed by atoms with Gasteiger partial charge in [0.25, 0.3) is 0 Å². The molecule has 1 aromatic rings. The van der Waals surface area contributed by atoms with E-state index in [1.807, 2.05) is 11.8 Å². The van der Waals surface area contributed by atoms with Crippen LogP contribution in [-0.2, 0) is 6.54 Å². The van der Waals surface area contributed by atoms with Crippen LogP contribution in [0.4, 0.5) is 6.01 Å². The molecule has 0 aromatic carbocycles. The first-order chi connectivity index (χ1) is 6.96. The van der Waals surface area contributed by atoms with Gasteiger partial charge in [-0.2, -0.15) is 0 Å². The van der Waals surface area contributed by atoms with E-state index in [-0.39, 0.29) is 6.54 Å². The van der Waals surface area contributed by atoms with Crippen molar-refractivity contribution in [2.24, 2.45) is 5.73 Å². The SMILES string of the molecule is CCN(CC(C)(C)O)c1nnc(CN)o1. The van der Waals surface area contributed by atoms with E-state index in [4.69, 9.17) is 10.2 Å². The van der Waals surface area contributed by atoms with Crippen LogP contribution in [0.3, 0.4) is 0 Å². The maximum atomic E-state index is 9.69. The first kappa shape index (κ1) is 11.9. The molecule has 0 unspecified atom stereocenters. The maximum Gasteiger partial charge on any atom is 0.318 e. The molecule has 0 spiro atoms. The molecular weight excluding hydrogens is 196 g/mol. The number of nitrogens with two attached hydrogens (primary N) is 1. The van der Waals surface area contributed by atoms with E-state index in [2.05, 4.69) is 10.2 Å². The first-order valence-corrected chi connectivity index (χ1v) is 4.96. The summed E-state index contributed by atoms with van der Waals surface area (Å²) < 4.78 is 5.30. The van der Waals surface area contributed by atoms with E-state index in [1.165, 1.54) is 0 Å². The number of nitrogens with zero attached hydrogens (tertiary/aromatic N) is 3. The summed E-state index contributed by atoms with van der Waals surface area (Å²) in [6, 6.07) is 0.403. The van der Waals surface area contributed by atoms with E-state index < -0.39 is 5.60 Å². The van der Waals surface area contributed by atoms with Crippen LogP contribution in [0.2, 0.25) is 0 Å². The van der Waals surface area contributed by atoms with Crippen LogP contribution in [0.15, 0.2) is 4.42 Å². The van der Waals surface area contributed by atoms with Crippen molar-refractivity contribution in [3.05, 3.63) is 5.89 Å². The molecule has 0 aliphatic heterocycles. The average Bonchev–Trinajstić information content (AvgIpc) is 2.60. The number of likely N-dealkylation sites (N-methyl/N-ethyl adjacent to an activating group) is 1. The van der Waals surface area contributed by atoms with Gasteiger partial charge in [0.1, 0.15) is 0 Å². The molecule has 15 heavy (non-hydrogen) atoms. The molecule has 0 aliphatic carbocycles. The predicted octanol–water partition coefficient (Wildman–Crippen LogP) is 0.125. The Balaban J connectivity index is 2.74. The monoisotopic (exact) mass is 214 g/mol. The van der Waals surface area contributed by atoms with Gasteiger partial charge in [0.05, 0.1) is 18.7 Å². The van der Waals surface area contributed by atoms with Gasteiger partial charge in [0.15, 0.2) is 0 Å². The zero-order valence-electron chi connectivity index (χ0n) is 9.40. The number of anilines is 1. The van der Waals surface area contributed by atoms with Crippen LogP contribution >= 0.6 is 0 Å². The minimum absolute atomic E-state index is 0.229. The van der Waals surface area contributed by atoms with Crippen molar-refractivity contribution in [1.82, 2.24) is 10.2 Å². The minimum atomic E-state index is -0.798. The summed E-state index contributed by atoms with van der Waals surface area (Å²) in [5.74, 6) is 0.402. The van der Waals surface area contributed by atoms with Crippen molar-refractivity contribution in [1.29, 1.82) is 0 Å². The normalized spacial score (nSPS) is 11.8. The minimum Gasteiger partial charge on any atom is -0.407 e. The van der Waals surface area contributed by atoms with Gasteiger partial charge in [-0.3, -0.25) is 0 Å². The van der Waals surface area contributed by atoms with E-state index in [0.29, 0.717) is 25.0 Å². The molecule has 3 N–H and O–H groups in total. The van der Waals surface area contributed by atoms with Crippen LogP contribution in [-0.4, -0.2) is 34.0 Å². The molecule has 6 nitrogen and oxygen atoms in total. The Morgan fingerprint density at radius 3 is 2.53 bits per heavy atom. The molecule has 1 heterocycles. The van der Waals surface area contributed by atoms with E-state index in [9.17, 15) is 5.11 Å². The fourth-order valence-corrected chi connectivity index (χ4v) is 1.24. The van der Waals surface area contributed by atoms with E-state index >= 15 is 0 Å². The van der Waals surface area contributed by atoms with E-state index in [1.54, 1.807) is 13.8 Å². The van der Waals surface area contributed by atoms with Crippen molar-refractivity contribution in [3.63, 3.8) is 0 Å². The van der Waals surface area contributed by atoms with Crippen molar-refractivity contribution in [2.45, 2.75) is 32.9 Å². The Morgan fingerprint density at radius 2 is 2.13 bits per heavy atom. The Bertz CT molecular complexity index is 305. The van der Waals surface area contributed by atoms with Crippen LogP contribution in [0, 0.1) is 0 Å². The van der Waals surface area contributed by atoms with Crippen LogP contribution in [0.5, 0.6) is 0 Å². The summed E-state index contributed by atoms with van der Waals surface area (Å²) in [7, 11) is 0. The zero-order chi connectivity index (χ0) is 11.5. The van der Waals surface area contributed by atoms with Crippen LogP contribution in [0.25, 0.3) is 0 Å². The molecule has 0 atom stereocenters. The third-order valence-corrected chi connectivity index (χ3v) is 1.86. The fourth-order valence-electron chi connectivity index (χ4n) is 1.24. The first-order valence-electron chi connectivity index (χ1n) is 4.96. The largest absolute Gasteiger partial charge is 0.407 e. The molecule has 1 rings (SSSR count). The van der Waals surface area contributed by atoms with Crippen LogP contribution < -0.4 is 10.6 Å². The highest BCUT2D eigenvalue weighted by atomic mass is 16.4. The Labute approximate surface area is 89.1 Å². The van der Waals surface area contributed by atoms with Crippen molar-refractivity contribution >= 4 is 6.01 Å². The second-order valence-electron chi connectivity index (χ2n) is 4.01. The molecule has 0 radical (unpaired) electrons. The number of aromatic nitrogens is 2. The lowest BCUT2D eigenvalue weighted by Gasteiger charge is -2.26. The molecule has 0 saturated carbocycles. The lowest BCUT2D eigenvalue weighted by molar-refractivity contribution is 0.0863.